The number of benzene rings is 1. The van der Waals surface area contributed by atoms with Gasteiger partial charge >= 0.3 is 0 Å². The van der Waals surface area contributed by atoms with Crippen molar-refractivity contribution in [3.63, 3.8) is 0 Å². The Morgan fingerprint density at radius 2 is 1.89 bits per heavy atom. The van der Waals surface area contributed by atoms with Gasteiger partial charge in [0, 0.05) is 24.1 Å². The molecular formula is C20H20N4O4. The van der Waals surface area contributed by atoms with E-state index in [0.717, 1.165) is 30.6 Å². The number of fused-ring (bicyclic) bond motifs is 1. The predicted molar refractivity (Wildman–Crippen MR) is 99.3 cm³/mol. The quantitative estimate of drug-likeness (QED) is 0.799. The van der Waals surface area contributed by atoms with E-state index in [1.807, 2.05) is 0 Å². The van der Waals surface area contributed by atoms with Crippen molar-refractivity contribution in [2.75, 3.05) is 11.9 Å². The number of rotatable bonds is 5. The summed E-state index contributed by atoms with van der Waals surface area (Å²) in [5, 5.41) is 2.72. The van der Waals surface area contributed by atoms with Crippen molar-refractivity contribution in [2.45, 2.75) is 25.7 Å². The summed E-state index contributed by atoms with van der Waals surface area (Å²) in [6.07, 6.45) is 7.92. The van der Waals surface area contributed by atoms with Gasteiger partial charge < -0.3 is 10.1 Å². The third-order valence-corrected chi connectivity index (χ3v) is 5.11. The summed E-state index contributed by atoms with van der Waals surface area (Å²) < 4.78 is 5.59. The average Bonchev–Trinajstić information content (AvgIpc) is 2.94. The minimum Gasteiger partial charge on any atom is -0.437 e. The first-order valence-corrected chi connectivity index (χ1v) is 9.31. The van der Waals surface area contributed by atoms with Gasteiger partial charge in [0.15, 0.2) is 0 Å². The van der Waals surface area contributed by atoms with Crippen LogP contribution in [0.4, 0.5) is 5.69 Å². The number of anilines is 1. The Morgan fingerprint density at radius 1 is 1.14 bits per heavy atom. The van der Waals surface area contributed by atoms with Crippen LogP contribution in [0.25, 0.3) is 0 Å². The highest BCUT2D eigenvalue weighted by atomic mass is 16.5. The molecule has 2 atom stereocenters. The summed E-state index contributed by atoms with van der Waals surface area (Å²) in [7, 11) is 0. The molecule has 1 N–H and O–H groups in total. The second-order valence-corrected chi connectivity index (χ2v) is 6.98. The normalized spacial score (nSPS) is 21.4. The molecule has 1 aliphatic heterocycles. The Bertz CT molecular complexity index is 878. The zero-order valence-corrected chi connectivity index (χ0v) is 15.2. The highest BCUT2D eigenvalue weighted by Gasteiger charge is 2.48. The Morgan fingerprint density at radius 3 is 2.57 bits per heavy atom. The van der Waals surface area contributed by atoms with Gasteiger partial charge in [-0.1, -0.05) is 18.9 Å². The molecule has 0 radical (unpaired) electrons. The molecule has 2 unspecified atom stereocenters. The minimum atomic E-state index is -0.419. The second kappa shape index (κ2) is 7.75. The van der Waals surface area contributed by atoms with E-state index in [1.54, 1.807) is 30.5 Å². The Labute approximate surface area is 161 Å². The molecule has 1 saturated heterocycles. The molecule has 1 aromatic carbocycles. The van der Waals surface area contributed by atoms with Crippen molar-refractivity contribution in [1.82, 2.24) is 14.9 Å². The van der Waals surface area contributed by atoms with Crippen LogP contribution in [0, 0.1) is 11.8 Å². The fourth-order valence-electron chi connectivity index (χ4n) is 3.83. The lowest BCUT2D eigenvalue weighted by Gasteiger charge is -2.19. The van der Waals surface area contributed by atoms with E-state index < -0.39 is 5.91 Å². The van der Waals surface area contributed by atoms with Gasteiger partial charge in [0.05, 0.1) is 18.0 Å². The molecule has 144 valence electrons. The number of nitrogens with zero attached hydrogens (tertiary/aromatic N) is 3. The van der Waals surface area contributed by atoms with Crippen LogP contribution < -0.4 is 10.1 Å². The molecule has 1 aliphatic carbocycles. The number of carbonyl (C=O) groups is 3. The van der Waals surface area contributed by atoms with E-state index in [1.165, 1.54) is 12.4 Å². The monoisotopic (exact) mass is 380 g/mol. The lowest BCUT2D eigenvalue weighted by atomic mass is 9.81. The maximum Gasteiger partial charge on any atom is 0.244 e. The van der Waals surface area contributed by atoms with Gasteiger partial charge in [0.25, 0.3) is 0 Å². The molecule has 0 bridgehead atoms. The highest BCUT2D eigenvalue weighted by Crippen LogP contribution is 2.37. The van der Waals surface area contributed by atoms with E-state index >= 15 is 0 Å². The molecule has 1 aromatic heterocycles. The Balaban J connectivity index is 1.39. The van der Waals surface area contributed by atoms with Crippen molar-refractivity contribution in [1.29, 1.82) is 0 Å². The van der Waals surface area contributed by atoms with Crippen molar-refractivity contribution in [3.8, 4) is 11.6 Å². The summed E-state index contributed by atoms with van der Waals surface area (Å²) in [5.74, 6) is -0.541. The molecule has 28 heavy (non-hydrogen) atoms. The first-order valence-electron chi connectivity index (χ1n) is 9.31. The van der Waals surface area contributed by atoms with Gasteiger partial charge in [-0.25, -0.2) is 4.98 Å². The van der Waals surface area contributed by atoms with E-state index in [9.17, 15) is 14.4 Å². The molecule has 0 spiro atoms. The molecular weight excluding hydrogens is 360 g/mol. The average molecular weight is 380 g/mol. The molecule has 2 fully saturated rings. The topological polar surface area (TPSA) is 101 Å². The Hall–Kier alpha value is -3.29. The van der Waals surface area contributed by atoms with Crippen LogP contribution >= 0.6 is 0 Å². The highest BCUT2D eigenvalue weighted by molar-refractivity contribution is 6.08. The summed E-state index contributed by atoms with van der Waals surface area (Å²) in [5.41, 5.74) is 0.503. The molecule has 4 rings (SSSR count). The van der Waals surface area contributed by atoms with Crippen LogP contribution in [0.15, 0.2) is 42.9 Å². The number of hydrogen-bond donors (Lipinski definition) is 1. The number of carbonyl (C=O) groups excluding carboxylic acids is 3. The zero-order valence-electron chi connectivity index (χ0n) is 15.2. The number of ether oxygens (including phenoxy) is 1. The smallest absolute Gasteiger partial charge is 0.244 e. The fraction of sp³-hybridized carbons (Fsp3) is 0.350. The zero-order chi connectivity index (χ0) is 19.5. The van der Waals surface area contributed by atoms with Crippen molar-refractivity contribution in [2.24, 2.45) is 11.8 Å². The Kier molecular flexibility index (Phi) is 5.01. The molecule has 2 aliphatic rings. The molecule has 2 heterocycles. The first kappa shape index (κ1) is 18.1. The van der Waals surface area contributed by atoms with Crippen LogP contribution in [0.1, 0.15) is 25.7 Å². The SMILES string of the molecule is O=C(CN1C(=O)C2CCCCC2C1=O)Nc1cccc(Oc2cnccn2)c1. The van der Waals surface area contributed by atoms with Crippen LogP contribution in [0.5, 0.6) is 11.6 Å². The van der Waals surface area contributed by atoms with E-state index in [2.05, 4.69) is 15.3 Å². The largest absolute Gasteiger partial charge is 0.437 e. The standard InChI is InChI=1S/C20H20N4O4/c25-17(12-24-19(26)15-6-1-2-7-16(15)20(24)27)23-13-4-3-5-14(10-13)28-18-11-21-8-9-22-18/h3-5,8-11,15-16H,1-2,6-7,12H2,(H,23,25). The lowest BCUT2D eigenvalue weighted by Crippen LogP contribution is -2.38. The summed E-state index contributed by atoms with van der Waals surface area (Å²) >= 11 is 0. The van der Waals surface area contributed by atoms with E-state index in [-0.39, 0.29) is 30.2 Å². The van der Waals surface area contributed by atoms with Gasteiger partial charge in [-0.3, -0.25) is 24.3 Å². The van der Waals surface area contributed by atoms with Gasteiger partial charge in [-0.2, -0.15) is 0 Å². The minimum absolute atomic E-state index is 0.218. The van der Waals surface area contributed by atoms with Gasteiger partial charge in [0.1, 0.15) is 12.3 Å². The summed E-state index contributed by atoms with van der Waals surface area (Å²) in [6, 6.07) is 6.79. The van der Waals surface area contributed by atoms with Crippen molar-refractivity contribution in [3.05, 3.63) is 42.9 Å². The number of likely N-dealkylation sites (tertiary alicyclic amines) is 1. The molecule has 3 amide bonds. The van der Waals surface area contributed by atoms with Gasteiger partial charge in [0.2, 0.25) is 23.6 Å². The van der Waals surface area contributed by atoms with Crippen LogP contribution in [0.3, 0.4) is 0 Å². The lowest BCUT2D eigenvalue weighted by molar-refractivity contribution is -0.142. The molecule has 1 saturated carbocycles. The van der Waals surface area contributed by atoms with Crippen LogP contribution in [-0.4, -0.2) is 39.1 Å². The summed E-state index contributed by atoms with van der Waals surface area (Å²) in [4.78, 5) is 46.5. The summed E-state index contributed by atoms with van der Waals surface area (Å²) in [6.45, 7) is -0.264. The fourth-order valence-corrected chi connectivity index (χ4v) is 3.83. The van der Waals surface area contributed by atoms with E-state index in [0.29, 0.717) is 17.3 Å². The van der Waals surface area contributed by atoms with Crippen molar-refractivity contribution >= 4 is 23.4 Å². The first-order chi connectivity index (χ1) is 13.6. The third kappa shape index (κ3) is 3.71. The van der Waals surface area contributed by atoms with Gasteiger partial charge in [-0.05, 0) is 25.0 Å². The maximum atomic E-state index is 12.5. The number of hydrogen-bond acceptors (Lipinski definition) is 6. The van der Waals surface area contributed by atoms with Crippen molar-refractivity contribution < 1.29 is 19.1 Å². The maximum absolute atomic E-state index is 12.5. The predicted octanol–water partition coefficient (Wildman–Crippen LogP) is 2.38. The molecule has 2 aromatic rings. The third-order valence-electron chi connectivity index (χ3n) is 5.11. The van der Waals surface area contributed by atoms with Crippen LogP contribution in [-0.2, 0) is 14.4 Å². The second-order valence-electron chi connectivity index (χ2n) is 6.98. The van der Waals surface area contributed by atoms with Crippen LogP contribution in [0.2, 0.25) is 0 Å². The van der Waals surface area contributed by atoms with E-state index in [4.69, 9.17) is 4.74 Å². The van der Waals surface area contributed by atoms with Gasteiger partial charge in [-0.15, -0.1) is 0 Å². The number of nitrogens with one attached hydrogen (secondary N) is 1. The number of imide groups is 1. The number of aromatic nitrogens is 2. The molecule has 8 heteroatoms. The number of amides is 3. The molecule has 8 nitrogen and oxygen atoms in total.